The van der Waals surface area contributed by atoms with E-state index < -0.39 is 17.9 Å². The Morgan fingerprint density at radius 2 is 2.00 bits per heavy atom. The van der Waals surface area contributed by atoms with Crippen LogP contribution in [0.1, 0.15) is 33.9 Å². The summed E-state index contributed by atoms with van der Waals surface area (Å²) in [7, 11) is 1.58. The maximum atomic E-state index is 13.1. The number of thiol groups is 1. The maximum absolute atomic E-state index is 13.1. The highest BCUT2D eigenvalue weighted by Crippen LogP contribution is 2.35. The van der Waals surface area contributed by atoms with Gasteiger partial charge in [-0.05, 0) is 23.8 Å². The molecule has 0 saturated carbocycles. The number of nitrogens with two attached hydrogens (primary N) is 2. The van der Waals surface area contributed by atoms with E-state index in [0.717, 1.165) is 17.5 Å². The Hall–Kier alpha value is -2.75. The lowest BCUT2D eigenvalue weighted by Gasteiger charge is -2.29. The zero-order chi connectivity index (χ0) is 23.1. The number of primary amides is 1. The fourth-order valence-electron chi connectivity index (χ4n) is 3.63. The molecule has 0 radical (unpaired) electrons. The number of ether oxygens (including phenoxy) is 2. The van der Waals surface area contributed by atoms with Crippen LogP contribution in [0, 0.1) is 0 Å². The van der Waals surface area contributed by atoms with Gasteiger partial charge < -0.3 is 31.6 Å². The molecule has 1 unspecified atom stereocenters. The minimum atomic E-state index is -0.863. The van der Waals surface area contributed by atoms with Crippen molar-refractivity contribution >= 4 is 24.4 Å². The molecule has 1 heterocycles. The Balaban J connectivity index is 1.75. The zero-order valence-corrected chi connectivity index (χ0v) is 18.9. The molecule has 8 nitrogen and oxygen atoms in total. The summed E-state index contributed by atoms with van der Waals surface area (Å²) < 4.78 is 11.0. The molecule has 0 saturated heterocycles. The second-order valence-corrected chi connectivity index (χ2v) is 8.11. The third-order valence-electron chi connectivity index (χ3n) is 5.43. The van der Waals surface area contributed by atoms with Crippen LogP contribution in [0.2, 0.25) is 0 Å². The lowest BCUT2D eigenvalue weighted by atomic mass is 9.96. The largest absolute Gasteiger partial charge is 0.497 e. The number of para-hydroxylation sites is 1. The summed E-state index contributed by atoms with van der Waals surface area (Å²) in [4.78, 5) is 25.1. The average Bonchev–Trinajstić information content (AvgIpc) is 2.81. The molecule has 3 rings (SSSR count). The number of benzene rings is 2. The van der Waals surface area contributed by atoms with Crippen LogP contribution in [0.5, 0.6) is 11.5 Å². The summed E-state index contributed by atoms with van der Waals surface area (Å²) in [5, 5.41) is 6.18. The normalized spacial score (nSPS) is 16.9. The topological polar surface area (TPSA) is 129 Å². The number of carbonyl (C=O) groups excluding carboxylic acids is 2. The fourth-order valence-corrected chi connectivity index (χ4v) is 3.76. The molecule has 1 aliphatic rings. The molecule has 2 aromatic carbocycles. The first-order valence-electron chi connectivity index (χ1n) is 10.5. The highest BCUT2D eigenvalue weighted by Gasteiger charge is 2.28. The smallest absolute Gasteiger partial charge is 0.255 e. The first-order valence-corrected chi connectivity index (χ1v) is 11.1. The van der Waals surface area contributed by atoms with E-state index in [9.17, 15) is 9.59 Å². The van der Waals surface area contributed by atoms with Crippen molar-refractivity contribution in [3.05, 3.63) is 59.2 Å². The van der Waals surface area contributed by atoms with Crippen LogP contribution in [-0.2, 0) is 11.2 Å². The number of nitrogens with one attached hydrogen (secondary N) is 2. The maximum Gasteiger partial charge on any atom is 0.255 e. The molecular weight excluding hydrogens is 428 g/mol. The monoisotopic (exact) mass is 458 g/mol. The molecular formula is C23H30N4O4S. The highest BCUT2D eigenvalue weighted by molar-refractivity contribution is 7.80. The summed E-state index contributed by atoms with van der Waals surface area (Å²) in [5.74, 6) is 0.779. The van der Waals surface area contributed by atoms with Crippen LogP contribution in [0.25, 0.3) is 0 Å². The van der Waals surface area contributed by atoms with E-state index in [0.29, 0.717) is 36.0 Å². The van der Waals surface area contributed by atoms with Gasteiger partial charge in [0, 0.05) is 42.8 Å². The van der Waals surface area contributed by atoms with Crippen molar-refractivity contribution < 1.29 is 19.1 Å². The fraction of sp³-hybridized carbons (Fsp3) is 0.391. The van der Waals surface area contributed by atoms with Crippen molar-refractivity contribution in [2.75, 3.05) is 26.0 Å². The Morgan fingerprint density at radius 3 is 2.66 bits per heavy atom. The molecule has 6 N–H and O–H groups in total. The van der Waals surface area contributed by atoms with Gasteiger partial charge in [-0.3, -0.25) is 9.59 Å². The summed E-state index contributed by atoms with van der Waals surface area (Å²) >= 11 is 4.22. The van der Waals surface area contributed by atoms with Gasteiger partial charge >= 0.3 is 0 Å². The Kier molecular flexibility index (Phi) is 8.38. The molecule has 172 valence electrons. The van der Waals surface area contributed by atoms with E-state index in [1.54, 1.807) is 31.4 Å². The van der Waals surface area contributed by atoms with Crippen molar-refractivity contribution in [3.8, 4) is 11.5 Å². The summed E-state index contributed by atoms with van der Waals surface area (Å²) in [6.07, 6.45) is 1.03. The molecule has 9 heteroatoms. The molecule has 0 bridgehead atoms. The van der Waals surface area contributed by atoms with Gasteiger partial charge in [-0.25, -0.2) is 0 Å². The standard InChI is InChI=1S/C23H30N4O4S/c1-30-16-7-5-14(6-8-16)11-20(22(25)28)27-23(29)18-4-2-3-17-19(9-10-31-21(17)18)26-12-15(24)13-32/h2-8,15,19-20,26,32H,9-13,24H2,1H3,(H2,25,28)(H,27,29)/t15-,19?,20+/m1/s1. The summed E-state index contributed by atoms with van der Waals surface area (Å²) in [5.41, 5.74) is 13.6. The van der Waals surface area contributed by atoms with Crippen molar-refractivity contribution in [3.63, 3.8) is 0 Å². The van der Waals surface area contributed by atoms with Gasteiger partial charge in [-0.15, -0.1) is 0 Å². The number of rotatable bonds is 10. The quantitative estimate of drug-likeness (QED) is 0.340. The molecule has 32 heavy (non-hydrogen) atoms. The molecule has 1 aliphatic heterocycles. The average molecular weight is 459 g/mol. The number of hydrogen-bond acceptors (Lipinski definition) is 7. The summed E-state index contributed by atoms with van der Waals surface area (Å²) in [6.45, 7) is 1.08. The van der Waals surface area contributed by atoms with Crippen LogP contribution in [0.3, 0.4) is 0 Å². The van der Waals surface area contributed by atoms with Gasteiger partial charge in [-0.1, -0.05) is 24.3 Å². The first kappa shape index (κ1) is 23.9. The Labute approximate surface area is 193 Å². The number of methoxy groups -OCH3 is 1. The van der Waals surface area contributed by atoms with Crippen LogP contribution >= 0.6 is 12.6 Å². The molecule has 0 aromatic heterocycles. The van der Waals surface area contributed by atoms with E-state index in [-0.39, 0.29) is 18.5 Å². The van der Waals surface area contributed by atoms with Gasteiger partial charge in [0.15, 0.2) is 0 Å². The highest BCUT2D eigenvalue weighted by atomic mass is 32.1. The predicted octanol–water partition coefficient (Wildman–Crippen LogP) is 1.19. The van der Waals surface area contributed by atoms with Crippen LogP contribution in [-0.4, -0.2) is 49.9 Å². The van der Waals surface area contributed by atoms with Crippen molar-refractivity contribution in [2.45, 2.75) is 31.0 Å². The second kappa shape index (κ2) is 11.2. The van der Waals surface area contributed by atoms with Gasteiger partial charge in [0.05, 0.1) is 19.3 Å². The zero-order valence-electron chi connectivity index (χ0n) is 18.0. The van der Waals surface area contributed by atoms with E-state index in [4.69, 9.17) is 20.9 Å². The summed E-state index contributed by atoms with van der Waals surface area (Å²) in [6, 6.07) is 11.8. The number of amides is 2. The molecule has 3 atom stereocenters. The second-order valence-electron chi connectivity index (χ2n) is 7.75. The third-order valence-corrected chi connectivity index (χ3v) is 5.90. The lowest BCUT2D eigenvalue weighted by molar-refractivity contribution is -0.119. The molecule has 2 amide bonds. The molecule has 0 fully saturated rings. The molecule has 2 aromatic rings. The minimum absolute atomic E-state index is 0.0173. The predicted molar refractivity (Wildman–Crippen MR) is 126 cm³/mol. The van der Waals surface area contributed by atoms with Crippen molar-refractivity contribution in [1.82, 2.24) is 10.6 Å². The minimum Gasteiger partial charge on any atom is -0.497 e. The Morgan fingerprint density at radius 1 is 1.25 bits per heavy atom. The number of carbonyl (C=O) groups is 2. The van der Waals surface area contributed by atoms with Gasteiger partial charge in [0.1, 0.15) is 17.5 Å². The molecule has 0 aliphatic carbocycles. The van der Waals surface area contributed by atoms with E-state index >= 15 is 0 Å². The van der Waals surface area contributed by atoms with Crippen LogP contribution in [0.4, 0.5) is 0 Å². The lowest BCUT2D eigenvalue weighted by Crippen LogP contribution is -2.46. The first-order chi connectivity index (χ1) is 15.4. The van der Waals surface area contributed by atoms with Crippen molar-refractivity contribution in [1.29, 1.82) is 0 Å². The van der Waals surface area contributed by atoms with Gasteiger partial charge in [0.2, 0.25) is 5.91 Å². The van der Waals surface area contributed by atoms with Crippen LogP contribution < -0.4 is 31.6 Å². The van der Waals surface area contributed by atoms with Crippen LogP contribution in [0.15, 0.2) is 42.5 Å². The number of hydrogen-bond donors (Lipinski definition) is 5. The van der Waals surface area contributed by atoms with Gasteiger partial charge in [0.25, 0.3) is 5.91 Å². The van der Waals surface area contributed by atoms with E-state index in [1.807, 2.05) is 18.2 Å². The van der Waals surface area contributed by atoms with Gasteiger partial charge in [-0.2, -0.15) is 12.6 Å². The molecule has 0 spiro atoms. The number of fused-ring (bicyclic) bond motifs is 1. The SMILES string of the molecule is COc1ccc(C[C@H](NC(=O)c2cccc3c2OCCC3NC[C@@H](N)CS)C(N)=O)cc1. The van der Waals surface area contributed by atoms with E-state index in [2.05, 4.69) is 23.3 Å². The van der Waals surface area contributed by atoms with E-state index in [1.165, 1.54) is 0 Å². The van der Waals surface area contributed by atoms with Crippen molar-refractivity contribution in [2.24, 2.45) is 11.5 Å². The third kappa shape index (κ3) is 5.93. The Bertz CT molecular complexity index is 938.